The van der Waals surface area contributed by atoms with Gasteiger partial charge in [0.25, 0.3) is 23.6 Å². The zero-order valence-electron chi connectivity index (χ0n) is 79.5. The molecule has 4 unspecified atom stereocenters. The third-order valence-corrected chi connectivity index (χ3v) is 23.8. The number of nitrogen functional groups attached to an aromatic ring is 4. The number of rotatable bonds is 24. The van der Waals surface area contributed by atoms with Crippen LogP contribution in [-0.4, -0.2) is 106 Å². The molecule has 12 N–H and O–H groups in total. The summed E-state index contributed by atoms with van der Waals surface area (Å²) in [6.45, 7) is 33.0. The van der Waals surface area contributed by atoms with Gasteiger partial charge in [0.1, 0.15) is 120 Å². The molecule has 0 saturated heterocycles. The van der Waals surface area contributed by atoms with Crippen LogP contribution in [0.15, 0.2) is 171 Å². The number of imidazole rings is 4. The number of ether oxygens (including phenoxy) is 4. The summed E-state index contributed by atoms with van der Waals surface area (Å²) < 4.78 is 106. The maximum Gasteiger partial charge on any atom is 0.262 e. The van der Waals surface area contributed by atoms with Gasteiger partial charge < -0.3 is 63.1 Å². The number of fused-ring (bicyclic) bond motifs is 4. The van der Waals surface area contributed by atoms with E-state index in [9.17, 15) is 23.6 Å². The minimum atomic E-state index is -0.921. The SMILES string of the molecule is Cc1cccc(NC(=O)c2c(F)c(Cl)cc(C(C)c3nc(C)c4c(N)nccn34)c2OC(C)C)c1.Cc1cccc(NC(=O)c2c(F)c(Cl)cc(C(C)c3nc(C)c4c(N)nccn34)c2OC(C)C)c1.Cc1nc(C(C)c2cc(Cl)c(F)c(C(=O)Nc3ccc(Cl)cc3)c2OC(C)C)n2ccnc(N)c12.Cc1nc(C(C)c2cc(Cl)c(F)c(C(=O)Nc3ccc(F)cc3)c2OC(C)C)n2ccnc(N)c12. The van der Waals surface area contributed by atoms with Crippen LogP contribution in [0.4, 0.5) is 68.0 Å². The van der Waals surface area contributed by atoms with Crippen molar-refractivity contribution in [2.45, 2.75) is 173 Å². The highest BCUT2D eigenvalue weighted by atomic mass is 35.5. The Labute approximate surface area is 828 Å². The van der Waals surface area contributed by atoms with Crippen molar-refractivity contribution < 1.29 is 60.1 Å². The molecule has 0 saturated carbocycles. The molecule has 8 heterocycles. The molecule has 4 amide bonds. The quantitative estimate of drug-likeness (QED) is 0.0260. The number of amides is 4. The van der Waals surface area contributed by atoms with Crippen molar-refractivity contribution in [1.82, 2.24) is 57.5 Å². The average Bonchev–Trinajstić information content (AvgIpc) is 1.57. The molecule has 16 aromatic rings. The van der Waals surface area contributed by atoms with Crippen molar-refractivity contribution in [2.24, 2.45) is 0 Å². The van der Waals surface area contributed by atoms with E-state index in [1.54, 1.807) is 130 Å². The Bertz CT molecular complexity index is 7010. The maximum absolute atomic E-state index is 15.4. The van der Waals surface area contributed by atoms with E-state index >= 15 is 17.6 Å². The number of anilines is 8. The van der Waals surface area contributed by atoms with Gasteiger partial charge in [-0.3, -0.25) is 36.8 Å². The Morgan fingerprint density at radius 1 is 0.321 bits per heavy atom. The van der Waals surface area contributed by atoms with Gasteiger partial charge >= 0.3 is 0 Å². The maximum atomic E-state index is 15.4. The first-order chi connectivity index (χ1) is 66.3. The van der Waals surface area contributed by atoms with Gasteiger partial charge in [-0.2, -0.15) is 0 Å². The van der Waals surface area contributed by atoms with Gasteiger partial charge in [0.2, 0.25) is 0 Å². The summed E-state index contributed by atoms with van der Waals surface area (Å²) >= 11 is 31.1. The minimum absolute atomic E-state index is 0.0467. The van der Waals surface area contributed by atoms with Gasteiger partial charge in [-0.15, -0.1) is 0 Å². The van der Waals surface area contributed by atoms with E-state index in [0.29, 0.717) is 141 Å². The summed E-state index contributed by atoms with van der Waals surface area (Å²) in [7, 11) is 0. The van der Waals surface area contributed by atoms with Crippen molar-refractivity contribution in [3.63, 3.8) is 0 Å². The summed E-state index contributed by atoms with van der Waals surface area (Å²) in [5, 5.41) is 10.5. The lowest BCUT2D eigenvalue weighted by atomic mass is 9.95. The molecule has 28 nitrogen and oxygen atoms in total. The molecule has 8 aromatic carbocycles. The highest BCUT2D eigenvalue weighted by Gasteiger charge is 2.37. The number of nitrogens with one attached hydrogen (secondary N) is 4. The highest BCUT2D eigenvalue weighted by Crippen LogP contribution is 2.47. The Kier molecular flexibility index (Phi) is 31.9. The van der Waals surface area contributed by atoms with Gasteiger partial charge in [-0.25, -0.2) is 61.8 Å². The predicted molar refractivity (Wildman–Crippen MR) is 539 cm³/mol. The number of halogens is 10. The first-order valence-electron chi connectivity index (χ1n) is 44.3. The average molecular weight is 2010 g/mol. The van der Waals surface area contributed by atoms with E-state index in [1.807, 2.05) is 134 Å². The summed E-state index contributed by atoms with van der Waals surface area (Å²) in [6, 6.07) is 32.0. The lowest BCUT2D eigenvalue weighted by Crippen LogP contribution is -2.20. The molecular weight excluding hydrogens is 1910 g/mol. The van der Waals surface area contributed by atoms with Crippen molar-refractivity contribution in [2.75, 3.05) is 44.2 Å². The number of hydrogen-bond acceptors (Lipinski definition) is 20. The summed E-state index contributed by atoms with van der Waals surface area (Å²) in [5.74, 6) is -4.26. The zero-order chi connectivity index (χ0) is 102. The predicted octanol–water partition coefficient (Wildman–Crippen LogP) is 23.8. The van der Waals surface area contributed by atoms with Gasteiger partial charge in [-0.1, -0.05) is 110 Å². The van der Waals surface area contributed by atoms with E-state index < -0.39 is 76.4 Å². The second-order valence-electron chi connectivity index (χ2n) is 34.3. The van der Waals surface area contributed by atoms with Crippen LogP contribution in [-0.2, 0) is 0 Å². The van der Waals surface area contributed by atoms with Crippen LogP contribution in [0.25, 0.3) is 22.1 Å². The fourth-order valence-corrected chi connectivity index (χ4v) is 17.2. The van der Waals surface area contributed by atoms with Crippen molar-refractivity contribution in [3.05, 3.63) is 327 Å². The first kappa shape index (κ1) is 103. The molecular formula is C102H102Cl5F5N20O8. The molecule has 0 aliphatic rings. The van der Waals surface area contributed by atoms with Crippen LogP contribution in [0.1, 0.15) is 228 Å². The second-order valence-corrected chi connectivity index (χ2v) is 36.4. The second kappa shape index (κ2) is 43.3. The number of nitrogens with two attached hydrogens (primary N) is 4. The Morgan fingerprint density at radius 2 is 0.550 bits per heavy atom. The molecule has 0 aliphatic heterocycles. The topological polar surface area (TPSA) is 378 Å². The number of nitrogens with zero attached hydrogens (tertiary/aromatic N) is 12. The largest absolute Gasteiger partial charge is 0.490 e. The van der Waals surface area contributed by atoms with Crippen molar-refractivity contribution in [3.8, 4) is 23.0 Å². The number of carbonyl (C=O) groups excluding carboxylic acids is 4. The molecule has 728 valence electrons. The smallest absolute Gasteiger partial charge is 0.262 e. The van der Waals surface area contributed by atoms with E-state index in [4.69, 9.17) is 110 Å². The summed E-state index contributed by atoms with van der Waals surface area (Å²) in [6.07, 6.45) is 11.9. The van der Waals surface area contributed by atoms with Crippen LogP contribution >= 0.6 is 58.0 Å². The molecule has 38 heteroatoms. The van der Waals surface area contributed by atoms with Gasteiger partial charge in [0.05, 0.1) is 67.3 Å². The number of hydrogen-bond donors (Lipinski definition) is 8. The third-order valence-electron chi connectivity index (χ3n) is 22.4. The molecule has 0 fully saturated rings. The standard InChI is InChI=1S/2C26H27ClFN5O2.C25H24Cl2FN5O2.C25H24ClF2N5O2/c2*1-13(2)35-23-18(15(4)25-31-16(5)22-24(29)30-9-10-33(22)25)12-19(27)21(28)20(23)26(34)32-17-8-6-7-14(3)11-17;1-12(2)35-22-17(13(3)24-31-14(4)21-23(29)30-9-10-33(21)24)11-18(27)20(28)19(22)25(34)32-16-7-5-15(26)6-8-16;1-12(2)35-22-17(13(3)24-31-14(4)21-23(29)30-9-10-33(21)24)11-18(26)20(28)19(22)25(34)32-16-7-5-15(27)6-8-16/h2*6-13,15H,1-5H3,(H2,29,30)(H,32,34);2*5-13H,1-4H3,(H2,29,30)(H,32,34). The fraction of sp³-hybridized carbons (Fsp3) is 0.255. The number of carbonyl (C=O) groups is 4. The Hall–Kier alpha value is -14.4. The molecule has 140 heavy (non-hydrogen) atoms. The van der Waals surface area contributed by atoms with Crippen LogP contribution in [0.5, 0.6) is 23.0 Å². The van der Waals surface area contributed by atoms with Crippen molar-refractivity contribution in [1.29, 1.82) is 0 Å². The lowest BCUT2D eigenvalue weighted by molar-refractivity contribution is 0.100. The van der Waals surface area contributed by atoms with E-state index in [0.717, 1.165) is 11.1 Å². The van der Waals surface area contributed by atoms with E-state index in [2.05, 4.69) is 51.2 Å². The normalized spacial score (nSPS) is 12.2. The molecule has 0 aliphatic carbocycles. The molecule has 16 rings (SSSR count). The van der Waals surface area contributed by atoms with Gasteiger partial charge in [0, 0.05) is 123 Å². The number of aromatic nitrogens is 12. The lowest BCUT2D eigenvalue weighted by Gasteiger charge is -2.22. The van der Waals surface area contributed by atoms with Crippen LogP contribution in [0.3, 0.4) is 0 Å². The Balaban J connectivity index is 0.000000157. The van der Waals surface area contributed by atoms with Crippen LogP contribution < -0.4 is 63.1 Å². The minimum Gasteiger partial charge on any atom is -0.490 e. The van der Waals surface area contributed by atoms with Gasteiger partial charge in [0.15, 0.2) is 23.3 Å². The molecule has 0 bridgehead atoms. The van der Waals surface area contributed by atoms with Crippen molar-refractivity contribution >= 4 is 150 Å². The summed E-state index contributed by atoms with van der Waals surface area (Å²) in [5.41, 5.74) is 34.4. The third kappa shape index (κ3) is 22.2. The van der Waals surface area contributed by atoms with Crippen LogP contribution in [0.2, 0.25) is 25.1 Å². The summed E-state index contributed by atoms with van der Waals surface area (Å²) in [4.78, 5) is 88.5. The first-order valence-corrected chi connectivity index (χ1v) is 46.2. The van der Waals surface area contributed by atoms with E-state index in [-0.39, 0.29) is 89.8 Å². The highest BCUT2D eigenvalue weighted by molar-refractivity contribution is 6.33. The molecule has 0 radical (unpaired) electrons. The zero-order valence-corrected chi connectivity index (χ0v) is 83.3. The number of benzene rings is 8. The number of aryl methyl sites for hydroxylation is 6. The van der Waals surface area contributed by atoms with Crippen LogP contribution in [0, 0.1) is 70.6 Å². The molecule has 8 aromatic heterocycles. The molecule has 0 spiro atoms. The fourth-order valence-electron chi connectivity index (χ4n) is 16.2. The monoisotopic (exact) mass is 2000 g/mol. The Morgan fingerprint density at radius 3 is 0.779 bits per heavy atom. The van der Waals surface area contributed by atoms with Gasteiger partial charge in [-0.05, 0) is 205 Å². The molecule has 4 atom stereocenters. The van der Waals surface area contributed by atoms with E-state index in [1.165, 1.54) is 48.5 Å².